The molecule has 0 aliphatic rings. The third kappa shape index (κ3) is 2.96. The Morgan fingerprint density at radius 3 is 1.93 bits per heavy atom. The Labute approximate surface area is 228 Å². The van der Waals surface area contributed by atoms with Crippen molar-refractivity contribution in [3.63, 3.8) is 0 Å². The predicted molar refractivity (Wildman–Crippen MR) is 162 cm³/mol. The Morgan fingerprint density at radius 2 is 1.12 bits per heavy atom. The van der Waals surface area contributed by atoms with Crippen molar-refractivity contribution in [3.05, 3.63) is 121 Å². The van der Waals surface area contributed by atoms with Gasteiger partial charge >= 0.3 is 0 Å². The summed E-state index contributed by atoms with van der Waals surface area (Å²) in [5.74, 6) is 0. The monoisotopic (exact) mass is 512 g/mol. The van der Waals surface area contributed by atoms with Gasteiger partial charge in [0.05, 0.1) is 16.6 Å². The van der Waals surface area contributed by atoms with Crippen molar-refractivity contribution < 1.29 is 8.83 Å². The van der Waals surface area contributed by atoms with Crippen LogP contribution in [0.3, 0.4) is 0 Å². The van der Waals surface area contributed by atoms with Gasteiger partial charge in [0.2, 0.25) is 0 Å². The Kier molecular flexibility index (Phi) is 4.30. The summed E-state index contributed by atoms with van der Waals surface area (Å²) in [5.41, 5.74) is 9.33. The van der Waals surface area contributed by atoms with Crippen molar-refractivity contribution in [2.75, 3.05) is 0 Å². The largest absolute Gasteiger partial charge is 0.455 e. The first-order chi connectivity index (χ1) is 19.8. The molecule has 0 saturated carbocycles. The van der Waals surface area contributed by atoms with Crippen molar-refractivity contribution in [2.45, 2.75) is 0 Å². The lowest BCUT2D eigenvalue weighted by Crippen LogP contribution is -1.92. The van der Waals surface area contributed by atoms with Crippen LogP contribution in [0, 0.1) is 0 Å². The van der Waals surface area contributed by atoms with Gasteiger partial charge in [0, 0.05) is 44.3 Å². The number of hydrogen-bond donors (Lipinski definition) is 0. The molecule has 9 rings (SSSR count). The highest BCUT2D eigenvalue weighted by molar-refractivity contribution is 6.23. The minimum atomic E-state index is 0.842. The molecule has 4 aromatic heterocycles. The lowest BCUT2D eigenvalue weighted by molar-refractivity contribution is 0.670. The SMILES string of the molecule is c1cnc2c(c1)nc(-c1ccc(-c3cccc4c3oc3ccccc34)cc1)c1ccc3c4ccccc4oc3c12. The van der Waals surface area contributed by atoms with Gasteiger partial charge < -0.3 is 8.83 Å². The van der Waals surface area contributed by atoms with E-state index < -0.39 is 0 Å². The Hall–Kier alpha value is -5.48. The number of nitrogens with zero attached hydrogens (tertiary/aromatic N) is 2. The van der Waals surface area contributed by atoms with E-state index in [2.05, 4.69) is 66.7 Å². The van der Waals surface area contributed by atoms with E-state index >= 15 is 0 Å². The highest BCUT2D eigenvalue weighted by Crippen LogP contribution is 2.41. The summed E-state index contributed by atoms with van der Waals surface area (Å²) >= 11 is 0. The molecule has 0 aliphatic carbocycles. The van der Waals surface area contributed by atoms with E-state index in [1.807, 2.05) is 54.7 Å². The van der Waals surface area contributed by atoms with E-state index in [4.69, 9.17) is 18.8 Å². The van der Waals surface area contributed by atoms with Crippen LogP contribution in [-0.2, 0) is 0 Å². The number of pyridine rings is 2. The van der Waals surface area contributed by atoms with Crippen LogP contribution in [0.1, 0.15) is 0 Å². The maximum atomic E-state index is 6.43. The summed E-state index contributed by atoms with van der Waals surface area (Å²) in [5, 5.41) is 6.46. The molecule has 5 aromatic carbocycles. The first kappa shape index (κ1) is 21.5. The van der Waals surface area contributed by atoms with Crippen molar-refractivity contribution in [1.29, 1.82) is 0 Å². The number of aromatic nitrogens is 2. The number of rotatable bonds is 2. The second-order valence-electron chi connectivity index (χ2n) is 10.2. The van der Waals surface area contributed by atoms with Gasteiger partial charge in [0.1, 0.15) is 27.8 Å². The molecule has 0 aliphatic heterocycles. The average molecular weight is 513 g/mol. The molecule has 0 N–H and O–H groups in total. The second kappa shape index (κ2) is 8.01. The van der Waals surface area contributed by atoms with Crippen molar-refractivity contribution in [1.82, 2.24) is 9.97 Å². The van der Waals surface area contributed by atoms with E-state index in [1.165, 1.54) is 0 Å². The number of furan rings is 2. The summed E-state index contributed by atoms with van der Waals surface area (Å²) in [6.07, 6.45) is 1.82. The molecule has 0 unspecified atom stereocenters. The highest BCUT2D eigenvalue weighted by atomic mass is 16.3. The zero-order valence-electron chi connectivity index (χ0n) is 21.3. The molecule has 40 heavy (non-hydrogen) atoms. The third-order valence-electron chi connectivity index (χ3n) is 7.93. The van der Waals surface area contributed by atoms with Crippen molar-refractivity contribution >= 4 is 65.7 Å². The summed E-state index contributed by atoms with van der Waals surface area (Å²) in [6.45, 7) is 0. The van der Waals surface area contributed by atoms with Gasteiger partial charge in [-0.05, 0) is 35.9 Å². The first-order valence-electron chi connectivity index (χ1n) is 13.3. The van der Waals surface area contributed by atoms with E-state index in [-0.39, 0.29) is 0 Å². The Bertz CT molecular complexity index is 2430. The first-order valence-corrected chi connectivity index (χ1v) is 13.3. The number of para-hydroxylation sites is 3. The summed E-state index contributed by atoms with van der Waals surface area (Å²) in [6, 6.07) is 39.5. The normalized spacial score (nSPS) is 12.0. The molecule has 4 nitrogen and oxygen atoms in total. The molecule has 0 atom stereocenters. The maximum Gasteiger partial charge on any atom is 0.145 e. The van der Waals surface area contributed by atoms with Crippen molar-refractivity contribution in [3.8, 4) is 22.4 Å². The van der Waals surface area contributed by atoms with Gasteiger partial charge in [-0.15, -0.1) is 0 Å². The number of hydrogen-bond acceptors (Lipinski definition) is 4. The van der Waals surface area contributed by atoms with Crippen molar-refractivity contribution in [2.24, 2.45) is 0 Å². The van der Waals surface area contributed by atoms with Crippen LogP contribution < -0.4 is 0 Å². The van der Waals surface area contributed by atoms with Crippen LogP contribution in [0.2, 0.25) is 0 Å². The van der Waals surface area contributed by atoms with E-state index in [0.717, 1.165) is 88.1 Å². The molecule has 4 heteroatoms. The molecule has 186 valence electrons. The molecular weight excluding hydrogens is 492 g/mol. The van der Waals surface area contributed by atoms with Crippen LogP contribution in [0.15, 0.2) is 130 Å². The maximum absolute atomic E-state index is 6.43. The smallest absolute Gasteiger partial charge is 0.145 e. The summed E-state index contributed by atoms with van der Waals surface area (Å²) in [4.78, 5) is 9.83. The summed E-state index contributed by atoms with van der Waals surface area (Å²) < 4.78 is 12.7. The third-order valence-corrected chi connectivity index (χ3v) is 7.93. The zero-order valence-corrected chi connectivity index (χ0v) is 21.3. The standard InChI is InChI=1S/C36H20N2O2/c1-3-12-30-24(7-1)26-10-5-9-23(35(26)39-30)21-14-16-22(17-15-21)33-28-19-18-27-25-8-2-4-13-31(25)40-36(27)32(28)34-29(38-33)11-6-20-37-34/h1-20H. The summed E-state index contributed by atoms with van der Waals surface area (Å²) in [7, 11) is 0. The van der Waals surface area contributed by atoms with E-state index in [9.17, 15) is 0 Å². The average Bonchev–Trinajstić information content (AvgIpc) is 3.59. The topological polar surface area (TPSA) is 52.1 Å². The molecule has 0 fully saturated rings. The van der Waals surface area contributed by atoms with Gasteiger partial charge in [-0.1, -0.05) is 84.9 Å². The lowest BCUT2D eigenvalue weighted by Gasteiger charge is -2.11. The highest BCUT2D eigenvalue weighted by Gasteiger charge is 2.18. The molecule has 9 aromatic rings. The fourth-order valence-corrected chi connectivity index (χ4v) is 6.08. The fourth-order valence-electron chi connectivity index (χ4n) is 6.08. The molecule has 0 spiro atoms. The molecule has 0 radical (unpaired) electrons. The van der Waals surface area contributed by atoms with E-state index in [1.54, 1.807) is 0 Å². The predicted octanol–water partition coefficient (Wildman–Crippen LogP) is 9.92. The van der Waals surface area contributed by atoms with Gasteiger partial charge in [0.25, 0.3) is 0 Å². The fraction of sp³-hybridized carbons (Fsp3) is 0. The molecule has 0 amide bonds. The van der Waals surface area contributed by atoms with Gasteiger partial charge in [-0.3, -0.25) is 4.98 Å². The Morgan fingerprint density at radius 1 is 0.475 bits per heavy atom. The number of fused-ring (bicyclic) bond motifs is 10. The quantitative estimate of drug-likeness (QED) is 0.216. The minimum Gasteiger partial charge on any atom is -0.455 e. The molecule has 0 saturated heterocycles. The molecular formula is C36H20N2O2. The van der Waals surface area contributed by atoms with Crippen LogP contribution in [0.25, 0.3) is 88.1 Å². The van der Waals surface area contributed by atoms with Gasteiger partial charge in [-0.25, -0.2) is 4.98 Å². The van der Waals surface area contributed by atoms with E-state index in [0.29, 0.717) is 0 Å². The molecule has 4 heterocycles. The van der Waals surface area contributed by atoms with Gasteiger partial charge in [-0.2, -0.15) is 0 Å². The minimum absolute atomic E-state index is 0.842. The van der Waals surface area contributed by atoms with Crippen LogP contribution in [0.5, 0.6) is 0 Å². The van der Waals surface area contributed by atoms with Crippen LogP contribution in [-0.4, -0.2) is 9.97 Å². The lowest BCUT2D eigenvalue weighted by atomic mass is 9.97. The van der Waals surface area contributed by atoms with Crippen LogP contribution in [0.4, 0.5) is 0 Å². The zero-order chi connectivity index (χ0) is 26.2. The van der Waals surface area contributed by atoms with Crippen LogP contribution >= 0.6 is 0 Å². The second-order valence-corrected chi connectivity index (χ2v) is 10.2. The molecule has 0 bridgehead atoms. The van der Waals surface area contributed by atoms with Gasteiger partial charge in [0.15, 0.2) is 0 Å². The number of benzene rings is 5. The Balaban J connectivity index is 1.27.